The van der Waals surface area contributed by atoms with Gasteiger partial charge in [0.25, 0.3) is 0 Å². The van der Waals surface area contributed by atoms with Gasteiger partial charge in [-0.05, 0) is 44.1 Å². The number of hydrogen-bond acceptors (Lipinski definition) is 3. The van der Waals surface area contributed by atoms with E-state index < -0.39 is 23.4 Å². The molecule has 0 bridgehead atoms. The molecule has 20 heavy (non-hydrogen) atoms. The smallest absolute Gasteiger partial charge is 0.338 e. The van der Waals surface area contributed by atoms with E-state index in [9.17, 15) is 14.0 Å². The zero-order valence-corrected chi connectivity index (χ0v) is 10.8. The molecule has 108 valence electrons. The number of carbonyl (C=O) groups is 2. The summed E-state index contributed by atoms with van der Waals surface area (Å²) in [7, 11) is 0. The third-order valence-corrected chi connectivity index (χ3v) is 3.13. The van der Waals surface area contributed by atoms with Crippen molar-refractivity contribution in [2.45, 2.75) is 18.9 Å². The number of hydrogen-bond donors (Lipinski definition) is 4. The molecule has 1 heterocycles. The molecule has 0 atom stereocenters. The van der Waals surface area contributed by atoms with Crippen LogP contribution in [0.2, 0.25) is 0 Å². The molecule has 0 aromatic heterocycles. The van der Waals surface area contributed by atoms with Crippen LogP contribution in [0.15, 0.2) is 18.2 Å². The van der Waals surface area contributed by atoms with E-state index in [1.807, 2.05) is 0 Å². The molecule has 1 aromatic rings. The zero-order valence-electron chi connectivity index (χ0n) is 10.8. The van der Waals surface area contributed by atoms with Gasteiger partial charge in [0.15, 0.2) is 0 Å². The average Bonchev–Trinajstić information content (AvgIpc) is 2.39. The van der Waals surface area contributed by atoms with Crippen molar-refractivity contribution >= 4 is 17.7 Å². The number of amides is 2. The van der Waals surface area contributed by atoms with Crippen LogP contribution in [0.25, 0.3) is 0 Å². The van der Waals surface area contributed by atoms with Gasteiger partial charge in [-0.2, -0.15) is 0 Å². The number of carboxylic acids is 1. The Balaban J connectivity index is 1.93. The zero-order chi connectivity index (χ0) is 14.5. The van der Waals surface area contributed by atoms with E-state index in [0.29, 0.717) is 0 Å². The van der Waals surface area contributed by atoms with Gasteiger partial charge in [0.05, 0.1) is 5.56 Å². The van der Waals surface area contributed by atoms with Gasteiger partial charge < -0.3 is 21.1 Å². The molecule has 6 nitrogen and oxygen atoms in total. The largest absolute Gasteiger partial charge is 0.478 e. The summed E-state index contributed by atoms with van der Waals surface area (Å²) in [6, 6.07) is 3.15. The summed E-state index contributed by atoms with van der Waals surface area (Å²) in [5.74, 6) is -2.22. The second-order valence-electron chi connectivity index (χ2n) is 4.62. The lowest BCUT2D eigenvalue weighted by molar-refractivity contribution is 0.0692. The number of piperidine rings is 1. The van der Waals surface area contributed by atoms with E-state index in [0.717, 1.165) is 38.1 Å². The fourth-order valence-electron chi connectivity index (χ4n) is 2.09. The second-order valence-corrected chi connectivity index (χ2v) is 4.62. The van der Waals surface area contributed by atoms with Crippen LogP contribution in [-0.4, -0.2) is 36.2 Å². The topological polar surface area (TPSA) is 90.5 Å². The van der Waals surface area contributed by atoms with Crippen LogP contribution in [0, 0.1) is 5.82 Å². The van der Waals surface area contributed by atoms with Crippen molar-refractivity contribution in [2.24, 2.45) is 0 Å². The molecule has 1 aliphatic heterocycles. The molecular formula is C13H16FN3O3. The molecule has 7 heteroatoms. The highest BCUT2D eigenvalue weighted by Crippen LogP contribution is 2.14. The van der Waals surface area contributed by atoms with Crippen molar-refractivity contribution in [1.82, 2.24) is 10.6 Å². The minimum absolute atomic E-state index is 0.0967. The summed E-state index contributed by atoms with van der Waals surface area (Å²) in [4.78, 5) is 22.4. The monoisotopic (exact) mass is 281 g/mol. The highest BCUT2D eigenvalue weighted by atomic mass is 19.1. The summed E-state index contributed by atoms with van der Waals surface area (Å²) >= 11 is 0. The van der Waals surface area contributed by atoms with Gasteiger partial charge in [0.1, 0.15) is 5.82 Å². The molecule has 1 saturated heterocycles. The van der Waals surface area contributed by atoms with Crippen LogP contribution >= 0.6 is 0 Å². The predicted octanol–water partition coefficient (Wildman–Crippen LogP) is 1.40. The normalized spacial score (nSPS) is 15.7. The fraction of sp³-hybridized carbons (Fsp3) is 0.385. The molecule has 4 N–H and O–H groups in total. The minimum atomic E-state index is -1.34. The standard InChI is InChI=1S/C13H16FN3O3/c14-11-7-9(1-2-10(11)12(18)19)17-13(20)16-8-3-5-15-6-4-8/h1-2,7-8,15H,3-6H2,(H,18,19)(H2,16,17,20). The molecule has 1 aromatic carbocycles. The van der Waals surface area contributed by atoms with Crippen molar-refractivity contribution in [2.75, 3.05) is 18.4 Å². The summed E-state index contributed by atoms with van der Waals surface area (Å²) < 4.78 is 13.4. The molecule has 0 spiro atoms. The van der Waals surface area contributed by atoms with E-state index in [1.54, 1.807) is 0 Å². The van der Waals surface area contributed by atoms with E-state index in [-0.39, 0.29) is 11.7 Å². The van der Waals surface area contributed by atoms with Crippen molar-refractivity contribution < 1.29 is 19.1 Å². The first-order valence-electron chi connectivity index (χ1n) is 6.37. The van der Waals surface area contributed by atoms with Gasteiger partial charge in [0.2, 0.25) is 0 Å². The Morgan fingerprint density at radius 3 is 2.60 bits per heavy atom. The van der Waals surface area contributed by atoms with Crippen LogP contribution in [0.4, 0.5) is 14.9 Å². The highest BCUT2D eigenvalue weighted by molar-refractivity contribution is 5.91. The number of rotatable bonds is 3. The van der Waals surface area contributed by atoms with E-state index >= 15 is 0 Å². The van der Waals surface area contributed by atoms with Gasteiger partial charge in [-0.1, -0.05) is 0 Å². The lowest BCUT2D eigenvalue weighted by Crippen LogP contribution is -2.44. The lowest BCUT2D eigenvalue weighted by Gasteiger charge is -2.23. The maximum Gasteiger partial charge on any atom is 0.338 e. The molecular weight excluding hydrogens is 265 g/mol. The van der Waals surface area contributed by atoms with Crippen LogP contribution in [-0.2, 0) is 0 Å². The second kappa shape index (κ2) is 6.33. The molecule has 0 unspecified atom stereocenters. The van der Waals surface area contributed by atoms with E-state index in [1.165, 1.54) is 6.07 Å². The quantitative estimate of drug-likeness (QED) is 0.674. The maximum absolute atomic E-state index is 13.4. The van der Waals surface area contributed by atoms with Crippen molar-refractivity contribution in [3.8, 4) is 0 Å². The van der Waals surface area contributed by atoms with Gasteiger partial charge >= 0.3 is 12.0 Å². The van der Waals surface area contributed by atoms with Gasteiger partial charge in [-0.15, -0.1) is 0 Å². The third-order valence-electron chi connectivity index (χ3n) is 3.13. The average molecular weight is 281 g/mol. The number of carbonyl (C=O) groups excluding carboxylic acids is 1. The van der Waals surface area contributed by atoms with E-state index in [4.69, 9.17) is 5.11 Å². The summed E-state index contributed by atoms with van der Waals surface area (Å²) in [5.41, 5.74) is -0.201. The maximum atomic E-state index is 13.4. The summed E-state index contributed by atoms with van der Waals surface area (Å²) in [6.07, 6.45) is 1.69. The third kappa shape index (κ3) is 3.67. The first-order valence-corrected chi connectivity index (χ1v) is 6.37. The lowest BCUT2D eigenvalue weighted by atomic mass is 10.1. The molecule has 1 fully saturated rings. The first kappa shape index (κ1) is 14.3. The van der Waals surface area contributed by atoms with Crippen molar-refractivity contribution in [3.05, 3.63) is 29.6 Å². The predicted molar refractivity (Wildman–Crippen MR) is 71.4 cm³/mol. The Hall–Kier alpha value is -2.15. The Morgan fingerprint density at radius 2 is 2.00 bits per heavy atom. The first-order chi connectivity index (χ1) is 9.56. The molecule has 1 aliphatic rings. The molecule has 2 amide bonds. The van der Waals surface area contributed by atoms with Gasteiger partial charge in [0, 0.05) is 11.7 Å². The summed E-state index contributed by atoms with van der Waals surface area (Å²) in [5, 5.41) is 17.2. The van der Waals surface area contributed by atoms with Crippen LogP contribution < -0.4 is 16.0 Å². The molecule has 0 aliphatic carbocycles. The molecule has 2 rings (SSSR count). The number of aromatic carboxylic acids is 1. The number of nitrogens with one attached hydrogen (secondary N) is 3. The Bertz CT molecular complexity index is 516. The fourth-order valence-corrected chi connectivity index (χ4v) is 2.09. The Labute approximate surface area is 115 Å². The van der Waals surface area contributed by atoms with Crippen LogP contribution in [0.5, 0.6) is 0 Å². The number of anilines is 1. The van der Waals surface area contributed by atoms with Crippen molar-refractivity contribution in [3.63, 3.8) is 0 Å². The molecule has 0 saturated carbocycles. The highest BCUT2D eigenvalue weighted by Gasteiger charge is 2.16. The van der Waals surface area contributed by atoms with Crippen LogP contribution in [0.1, 0.15) is 23.2 Å². The number of benzene rings is 1. The molecule has 0 radical (unpaired) electrons. The van der Waals surface area contributed by atoms with Gasteiger partial charge in [-0.3, -0.25) is 0 Å². The van der Waals surface area contributed by atoms with Gasteiger partial charge in [-0.25, -0.2) is 14.0 Å². The summed E-state index contributed by atoms with van der Waals surface area (Å²) in [6.45, 7) is 1.71. The van der Waals surface area contributed by atoms with Crippen LogP contribution in [0.3, 0.4) is 0 Å². The number of carboxylic acid groups (broad SMARTS) is 1. The Kier molecular flexibility index (Phi) is 4.52. The van der Waals surface area contributed by atoms with Crippen molar-refractivity contribution in [1.29, 1.82) is 0 Å². The van der Waals surface area contributed by atoms with E-state index in [2.05, 4.69) is 16.0 Å². The Morgan fingerprint density at radius 1 is 1.30 bits per heavy atom. The minimum Gasteiger partial charge on any atom is -0.478 e. The SMILES string of the molecule is O=C(Nc1ccc(C(=O)O)c(F)c1)NC1CCNCC1. The number of halogens is 1. The number of urea groups is 1.